The van der Waals surface area contributed by atoms with Crippen LogP contribution in [-0.2, 0) is 0 Å². The Labute approximate surface area is 114 Å². The number of nitrogens with zero attached hydrogens (tertiary/aromatic N) is 3. The quantitative estimate of drug-likeness (QED) is 0.822. The van der Waals surface area contributed by atoms with Crippen molar-refractivity contribution < 1.29 is 0 Å². The van der Waals surface area contributed by atoms with E-state index in [0.717, 1.165) is 18.8 Å². The average molecular weight is 264 g/mol. The smallest absolute Gasteiger partial charge is 0.101 e. The van der Waals surface area contributed by atoms with Crippen molar-refractivity contribution in [1.29, 1.82) is 5.26 Å². The summed E-state index contributed by atoms with van der Waals surface area (Å²) in [7, 11) is 4.28. The van der Waals surface area contributed by atoms with E-state index in [1.165, 1.54) is 12.8 Å². The minimum atomic E-state index is 0.545. The number of piperidine rings is 1. The van der Waals surface area contributed by atoms with E-state index in [0.29, 0.717) is 16.6 Å². The number of nitriles is 1. The highest BCUT2D eigenvalue weighted by atomic mass is 35.5. The van der Waals surface area contributed by atoms with Crippen LogP contribution in [0.4, 0.5) is 5.69 Å². The van der Waals surface area contributed by atoms with Gasteiger partial charge >= 0.3 is 0 Å². The molecule has 0 spiro atoms. The zero-order valence-electron chi connectivity index (χ0n) is 10.9. The summed E-state index contributed by atoms with van der Waals surface area (Å²) >= 11 is 6.07. The zero-order chi connectivity index (χ0) is 13.1. The second-order valence-electron chi connectivity index (χ2n) is 4.96. The Morgan fingerprint density at radius 1 is 1.33 bits per heavy atom. The Morgan fingerprint density at radius 3 is 2.50 bits per heavy atom. The van der Waals surface area contributed by atoms with E-state index in [1.54, 1.807) is 6.07 Å². The highest BCUT2D eigenvalue weighted by molar-refractivity contribution is 6.32. The molecule has 1 aliphatic rings. The van der Waals surface area contributed by atoms with E-state index in [4.69, 9.17) is 16.9 Å². The highest BCUT2D eigenvalue weighted by Crippen LogP contribution is 2.26. The third-order valence-electron chi connectivity index (χ3n) is 3.63. The highest BCUT2D eigenvalue weighted by Gasteiger charge is 2.21. The van der Waals surface area contributed by atoms with Crippen LogP contribution in [0.25, 0.3) is 0 Å². The van der Waals surface area contributed by atoms with Crippen molar-refractivity contribution in [3.63, 3.8) is 0 Å². The summed E-state index contributed by atoms with van der Waals surface area (Å²) < 4.78 is 0. The first-order chi connectivity index (χ1) is 8.61. The van der Waals surface area contributed by atoms with Crippen LogP contribution in [0, 0.1) is 11.3 Å². The molecule has 0 unspecified atom stereocenters. The van der Waals surface area contributed by atoms with Gasteiger partial charge in [0.05, 0.1) is 10.6 Å². The van der Waals surface area contributed by atoms with Gasteiger partial charge in [0.15, 0.2) is 0 Å². The molecule has 0 N–H and O–H groups in total. The van der Waals surface area contributed by atoms with E-state index in [1.807, 2.05) is 12.1 Å². The maximum atomic E-state index is 8.86. The molecular formula is C14H18ClN3. The number of benzene rings is 1. The first-order valence-corrected chi connectivity index (χ1v) is 6.60. The lowest BCUT2D eigenvalue weighted by Gasteiger charge is -2.36. The van der Waals surface area contributed by atoms with Crippen molar-refractivity contribution >= 4 is 17.3 Å². The Morgan fingerprint density at radius 2 is 2.00 bits per heavy atom. The van der Waals surface area contributed by atoms with Crippen LogP contribution in [0.1, 0.15) is 18.4 Å². The summed E-state index contributed by atoms with van der Waals surface area (Å²) in [6.07, 6.45) is 2.34. The molecule has 1 heterocycles. The molecule has 0 bridgehead atoms. The molecule has 4 heteroatoms. The van der Waals surface area contributed by atoms with Gasteiger partial charge in [-0.2, -0.15) is 5.26 Å². The molecule has 1 aromatic rings. The predicted octanol–water partition coefficient (Wildman–Crippen LogP) is 2.74. The SMILES string of the molecule is CN(C)C1CCN(c2ccc(C#N)c(Cl)c2)CC1. The van der Waals surface area contributed by atoms with Gasteiger partial charge in [-0.05, 0) is 45.1 Å². The number of hydrogen-bond donors (Lipinski definition) is 0. The molecule has 1 aliphatic heterocycles. The number of hydrogen-bond acceptors (Lipinski definition) is 3. The summed E-state index contributed by atoms with van der Waals surface area (Å²) in [6, 6.07) is 8.45. The molecule has 0 amide bonds. The van der Waals surface area contributed by atoms with E-state index >= 15 is 0 Å². The third kappa shape index (κ3) is 2.77. The van der Waals surface area contributed by atoms with Gasteiger partial charge in [-0.3, -0.25) is 0 Å². The van der Waals surface area contributed by atoms with E-state index in [9.17, 15) is 0 Å². The molecule has 0 aromatic heterocycles. The standard InChI is InChI=1S/C14H18ClN3/c1-17(2)12-5-7-18(8-6-12)13-4-3-11(10-16)14(15)9-13/h3-4,9,12H,5-8H2,1-2H3. The largest absolute Gasteiger partial charge is 0.371 e. The monoisotopic (exact) mass is 263 g/mol. The summed E-state index contributed by atoms with van der Waals surface area (Å²) in [5, 5.41) is 9.41. The van der Waals surface area contributed by atoms with E-state index in [-0.39, 0.29) is 0 Å². The lowest BCUT2D eigenvalue weighted by atomic mass is 10.0. The van der Waals surface area contributed by atoms with Gasteiger partial charge in [-0.15, -0.1) is 0 Å². The zero-order valence-corrected chi connectivity index (χ0v) is 11.6. The van der Waals surface area contributed by atoms with Crippen LogP contribution < -0.4 is 4.90 Å². The van der Waals surface area contributed by atoms with Gasteiger partial charge in [0, 0.05) is 24.8 Å². The Kier molecular flexibility index (Phi) is 4.11. The summed E-state index contributed by atoms with van der Waals surface area (Å²) in [4.78, 5) is 4.64. The fourth-order valence-corrected chi connectivity index (χ4v) is 2.65. The molecule has 1 aromatic carbocycles. The molecule has 0 atom stereocenters. The molecule has 3 nitrogen and oxygen atoms in total. The predicted molar refractivity (Wildman–Crippen MR) is 75.1 cm³/mol. The van der Waals surface area contributed by atoms with Gasteiger partial charge in [-0.1, -0.05) is 11.6 Å². The molecule has 1 fully saturated rings. The lowest BCUT2D eigenvalue weighted by molar-refractivity contribution is 0.249. The van der Waals surface area contributed by atoms with Gasteiger partial charge in [-0.25, -0.2) is 0 Å². The third-order valence-corrected chi connectivity index (χ3v) is 3.95. The van der Waals surface area contributed by atoms with E-state index in [2.05, 4.69) is 30.0 Å². The van der Waals surface area contributed by atoms with Gasteiger partial charge in [0.2, 0.25) is 0 Å². The molecule has 96 valence electrons. The molecule has 18 heavy (non-hydrogen) atoms. The topological polar surface area (TPSA) is 30.3 Å². The van der Waals surface area contributed by atoms with Crippen molar-refractivity contribution in [1.82, 2.24) is 4.90 Å². The molecule has 2 rings (SSSR count). The van der Waals surface area contributed by atoms with Crippen LogP contribution in [0.5, 0.6) is 0 Å². The fraction of sp³-hybridized carbons (Fsp3) is 0.500. The second-order valence-corrected chi connectivity index (χ2v) is 5.36. The first kappa shape index (κ1) is 13.2. The minimum absolute atomic E-state index is 0.545. The van der Waals surface area contributed by atoms with Crippen LogP contribution in [0.15, 0.2) is 18.2 Å². The molecule has 1 saturated heterocycles. The van der Waals surface area contributed by atoms with Crippen molar-refractivity contribution in [2.75, 3.05) is 32.1 Å². The van der Waals surface area contributed by atoms with Crippen LogP contribution >= 0.6 is 11.6 Å². The Balaban J connectivity index is 2.06. The van der Waals surface area contributed by atoms with Crippen LogP contribution in [0.3, 0.4) is 0 Å². The second kappa shape index (κ2) is 5.60. The number of anilines is 1. The molecular weight excluding hydrogens is 246 g/mol. The van der Waals surface area contributed by atoms with Gasteiger partial charge in [0.25, 0.3) is 0 Å². The Hall–Kier alpha value is -1.24. The van der Waals surface area contributed by atoms with Crippen molar-refractivity contribution in [3.05, 3.63) is 28.8 Å². The number of halogens is 1. The van der Waals surface area contributed by atoms with Crippen LogP contribution in [0.2, 0.25) is 5.02 Å². The Bertz CT molecular complexity index is 457. The molecule has 0 aliphatic carbocycles. The van der Waals surface area contributed by atoms with E-state index < -0.39 is 0 Å². The summed E-state index contributed by atoms with van der Waals surface area (Å²) in [6.45, 7) is 2.09. The van der Waals surface area contributed by atoms with Gasteiger partial charge < -0.3 is 9.80 Å². The summed E-state index contributed by atoms with van der Waals surface area (Å²) in [5.41, 5.74) is 1.67. The normalized spacial score (nSPS) is 16.9. The van der Waals surface area contributed by atoms with Crippen molar-refractivity contribution in [2.24, 2.45) is 0 Å². The number of rotatable bonds is 2. The summed E-state index contributed by atoms with van der Waals surface area (Å²) in [5.74, 6) is 0. The maximum Gasteiger partial charge on any atom is 0.101 e. The fourth-order valence-electron chi connectivity index (χ4n) is 2.43. The van der Waals surface area contributed by atoms with Crippen LogP contribution in [-0.4, -0.2) is 38.1 Å². The van der Waals surface area contributed by atoms with Crippen molar-refractivity contribution in [3.8, 4) is 6.07 Å². The van der Waals surface area contributed by atoms with Crippen molar-refractivity contribution in [2.45, 2.75) is 18.9 Å². The maximum absolute atomic E-state index is 8.86. The first-order valence-electron chi connectivity index (χ1n) is 6.23. The molecule has 0 saturated carbocycles. The minimum Gasteiger partial charge on any atom is -0.371 e. The average Bonchev–Trinajstić information content (AvgIpc) is 2.38. The lowest BCUT2D eigenvalue weighted by Crippen LogP contribution is -2.41. The van der Waals surface area contributed by atoms with Gasteiger partial charge in [0.1, 0.15) is 6.07 Å². The molecule has 0 radical (unpaired) electrons.